The van der Waals surface area contributed by atoms with Gasteiger partial charge in [-0.1, -0.05) is 42.5 Å². The van der Waals surface area contributed by atoms with Gasteiger partial charge in [0.05, 0.1) is 0 Å². The lowest BCUT2D eigenvalue weighted by Gasteiger charge is -2.12. The third-order valence-electron chi connectivity index (χ3n) is 4.21. The molecule has 0 amide bonds. The van der Waals surface area contributed by atoms with Gasteiger partial charge < -0.3 is 14.9 Å². The lowest BCUT2D eigenvalue weighted by atomic mass is 10.00. The van der Waals surface area contributed by atoms with Crippen LogP contribution >= 0.6 is 0 Å². The van der Waals surface area contributed by atoms with Gasteiger partial charge in [-0.05, 0) is 35.6 Å². The summed E-state index contributed by atoms with van der Waals surface area (Å²) in [5, 5.41) is 19.7. The third-order valence-corrected chi connectivity index (χ3v) is 4.21. The molecule has 4 rings (SSSR count). The predicted octanol–water partition coefficient (Wildman–Crippen LogP) is 4.66. The molecule has 0 aromatic heterocycles. The highest BCUT2D eigenvalue weighted by atomic mass is 16.5. The van der Waals surface area contributed by atoms with Crippen molar-refractivity contribution in [2.24, 2.45) is 0 Å². The molecule has 0 saturated heterocycles. The second-order valence-electron chi connectivity index (χ2n) is 5.73. The largest absolute Gasteiger partial charge is 0.508 e. The van der Waals surface area contributed by atoms with Gasteiger partial charge in [0.15, 0.2) is 0 Å². The first-order valence-electron chi connectivity index (χ1n) is 7.62. The van der Waals surface area contributed by atoms with Crippen LogP contribution in [0.2, 0.25) is 0 Å². The molecule has 3 heteroatoms. The van der Waals surface area contributed by atoms with Crippen molar-refractivity contribution in [3.63, 3.8) is 0 Å². The molecular formula is C20H16O3. The lowest BCUT2D eigenvalue weighted by Crippen LogP contribution is -1.89. The molecule has 1 heterocycles. The molecule has 0 aliphatic carbocycles. The average Bonchev–Trinajstić information content (AvgIpc) is 2.74. The second-order valence-corrected chi connectivity index (χ2v) is 5.73. The highest BCUT2D eigenvalue weighted by Gasteiger charge is 2.19. The Bertz CT molecular complexity index is 870. The summed E-state index contributed by atoms with van der Waals surface area (Å²) in [7, 11) is 0. The van der Waals surface area contributed by atoms with Crippen molar-refractivity contribution in [2.45, 2.75) is 12.8 Å². The van der Waals surface area contributed by atoms with Crippen molar-refractivity contribution in [3.05, 3.63) is 71.8 Å². The highest BCUT2D eigenvalue weighted by molar-refractivity contribution is 5.67. The summed E-state index contributed by atoms with van der Waals surface area (Å²) in [6.45, 7) is 0. The minimum absolute atomic E-state index is 0.00362. The monoisotopic (exact) mass is 304 g/mol. The van der Waals surface area contributed by atoms with E-state index in [0.29, 0.717) is 12.2 Å². The maximum absolute atomic E-state index is 10.0. The van der Waals surface area contributed by atoms with Crippen molar-refractivity contribution in [1.82, 2.24) is 0 Å². The fraction of sp³-hybridized carbons (Fsp3) is 0.100. The molecule has 0 radical (unpaired) electrons. The van der Waals surface area contributed by atoms with Crippen LogP contribution in [0.1, 0.15) is 11.1 Å². The number of aryl methyl sites for hydroxylation is 1. The fourth-order valence-electron chi connectivity index (χ4n) is 3.00. The molecular weight excluding hydrogens is 288 g/mol. The van der Waals surface area contributed by atoms with E-state index in [9.17, 15) is 10.2 Å². The van der Waals surface area contributed by atoms with Crippen LogP contribution in [0.5, 0.6) is 23.0 Å². The summed E-state index contributed by atoms with van der Waals surface area (Å²) in [5.41, 5.74) is 4.04. The Morgan fingerprint density at radius 2 is 1.57 bits per heavy atom. The Balaban J connectivity index is 1.79. The van der Waals surface area contributed by atoms with E-state index in [4.69, 9.17) is 4.74 Å². The van der Waals surface area contributed by atoms with Crippen LogP contribution in [-0.2, 0) is 12.8 Å². The van der Waals surface area contributed by atoms with Crippen LogP contribution in [0.15, 0.2) is 60.7 Å². The number of phenols is 2. The van der Waals surface area contributed by atoms with Gasteiger partial charge in [-0.25, -0.2) is 0 Å². The molecule has 0 spiro atoms. The molecule has 1 aliphatic heterocycles. The van der Waals surface area contributed by atoms with Gasteiger partial charge >= 0.3 is 0 Å². The van der Waals surface area contributed by atoms with Gasteiger partial charge in [-0.2, -0.15) is 0 Å². The molecule has 1 aliphatic rings. The van der Waals surface area contributed by atoms with Gasteiger partial charge in [-0.3, -0.25) is 0 Å². The molecule has 3 nitrogen and oxygen atoms in total. The number of fused-ring (bicyclic) bond motifs is 2. The SMILES string of the molecule is Oc1cc(O)c2c(c1)Oc1cc(-c3ccccc3)ccc1CC2. The Morgan fingerprint density at radius 3 is 2.39 bits per heavy atom. The van der Waals surface area contributed by atoms with Crippen LogP contribution < -0.4 is 4.74 Å². The molecule has 0 fully saturated rings. The van der Waals surface area contributed by atoms with Crippen LogP contribution in [0.3, 0.4) is 0 Å². The summed E-state index contributed by atoms with van der Waals surface area (Å²) in [5.74, 6) is 1.38. The topological polar surface area (TPSA) is 49.7 Å². The number of ether oxygens (including phenoxy) is 1. The first kappa shape index (κ1) is 13.7. The van der Waals surface area contributed by atoms with Crippen molar-refractivity contribution < 1.29 is 14.9 Å². The van der Waals surface area contributed by atoms with Crippen molar-refractivity contribution in [2.75, 3.05) is 0 Å². The average molecular weight is 304 g/mol. The first-order chi connectivity index (χ1) is 11.2. The summed E-state index contributed by atoms with van der Waals surface area (Å²) >= 11 is 0. The van der Waals surface area contributed by atoms with E-state index in [1.807, 2.05) is 24.3 Å². The lowest BCUT2D eigenvalue weighted by molar-refractivity contribution is 0.427. The van der Waals surface area contributed by atoms with Gasteiger partial charge in [0.2, 0.25) is 0 Å². The number of hydrogen-bond donors (Lipinski definition) is 2. The van der Waals surface area contributed by atoms with E-state index in [-0.39, 0.29) is 11.5 Å². The quantitative estimate of drug-likeness (QED) is 0.687. The second kappa shape index (κ2) is 5.36. The zero-order valence-electron chi connectivity index (χ0n) is 12.5. The zero-order valence-corrected chi connectivity index (χ0v) is 12.5. The Hall–Kier alpha value is -2.94. The zero-order chi connectivity index (χ0) is 15.8. The van der Waals surface area contributed by atoms with E-state index in [1.165, 1.54) is 6.07 Å². The molecule has 23 heavy (non-hydrogen) atoms. The van der Waals surface area contributed by atoms with Gasteiger partial charge in [0, 0.05) is 17.7 Å². The maximum Gasteiger partial charge on any atom is 0.138 e. The van der Waals surface area contributed by atoms with E-state index < -0.39 is 0 Å². The van der Waals surface area contributed by atoms with Gasteiger partial charge in [0.25, 0.3) is 0 Å². The standard InChI is InChI=1S/C20H16O3/c21-16-11-18(22)17-9-8-14-6-7-15(13-4-2-1-3-5-13)10-19(14)23-20(17)12-16/h1-7,10-12,21-22H,8-9H2. The number of hydrogen-bond acceptors (Lipinski definition) is 3. The summed E-state index contributed by atoms with van der Waals surface area (Å²) in [6, 6.07) is 19.2. The Kier molecular flexibility index (Phi) is 3.19. The first-order valence-corrected chi connectivity index (χ1v) is 7.62. The number of phenolic OH excluding ortho intramolecular Hbond substituents is 2. The number of rotatable bonds is 1. The molecule has 0 unspecified atom stereocenters. The van der Waals surface area contributed by atoms with Gasteiger partial charge in [-0.15, -0.1) is 0 Å². The number of aromatic hydroxyl groups is 2. The van der Waals surface area contributed by atoms with Gasteiger partial charge in [0.1, 0.15) is 23.0 Å². The molecule has 0 saturated carbocycles. The molecule has 114 valence electrons. The molecule has 3 aromatic carbocycles. The van der Waals surface area contributed by atoms with Crippen LogP contribution in [-0.4, -0.2) is 10.2 Å². The van der Waals surface area contributed by atoms with Crippen molar-refractivity contribution in [1.29, 1.82) is 0 Å². The van der Waals surface area contributed by atoms with Crippen molar-refractivity contribution >= 4 is 0 Å². The Morgan fingerprint density at radius 1 is 0.739 bits per heavy atom. The minimum atomic E-state index is 0.00362. The summed E-state index contributed by atoms with van der Waals surface area (Å²) in [4.78, 5) is 0. The molecule has 2 N–H and O–H groups in total. The normalized spacial score (nSPS) is 12.7. The van der Waals surface area contributed by atoms with E-state index in [2.05, 4.69) is 24.3 Å². The van der Waals surface area contributed by atoms with E-state index in [1.54, 1.807) is 6.07 Å². The van der Waals surface area contributed by atoms with Crippen molar-refractivity contribution in [3.8, 4) is 34.1 Å². The predicted molar refractivity (Wildman–Crippen MR) is 89.1 cm³/mol. The molecule has 3 aromatic rings. The fourth-order valence-corrected chi connectivity index (χ4v) is 3.00. The number of benzene rings is 3. The van der Waals surface area contributed by atoms with Crippen LogP contribution in [0.4, 0.5) is 0 Å². The van der Waals surface area contributed by atoms with Crippen LogP contribution in [0, 0.1) is 0 Å². The molecule has 0 bridgehead atoms. The minimum Gasteiger partial charge on any atom is -0.508 e. The smallest absolute Gasteiger partial charge is 0.138 e. The van der Waals surface area contributed by atoms with Crippen LogP contribution in [0.25, 0.3) is 11.1 Å². The summed E-state index contributed by atoms with van der Waals surface area (Å²) < 4.78 is 6.01. The summed E-state index contributed by atoms with van der Waals surface area (Å²) in [6.07, 6.45) is 1.47. The highest BCUT2D eigenvalue weighted by Crippen LogP contribution is 2.41. The maximum atomic E-state index is 10.0. The third kappa shape index (κ3) is 2.50. The Labute approximate surface area is 134 Å². The molecule has 0 atom stereocenters. The van der Waals surface area contributed by atoms with E-state index >= 15 is 0 Å². The van der Waals surface area contributed by atoms with E-state index in [0.717, 1.165) is 34.4 Å².